The molecule has 2 aromatic carbocycles. The van der Waals surface area contributed by atoms with Gasteiger partial charge in [-0.05, 0) is 74.7 Å². The molecule has 0 fully saturated rings. The standard InChI is InChI=1S/C15H11Br2ClFNOS/c1-8-4-10(16)15(11(17)5-8)20-14(21)7-22-9-2-3-13(19)12(18)6-9/h2-6H,7H2,1H3,(H,20,21). The molecule has 22 heavy (non-hydrogen) atoms. The molecule has 2 nitrogen and oxygen atoms in total. The van der Waals surface area contributed by atoms with E-state index in [-0.39, 0.29) is 16.7 Å². The smallest absolute Gasteiger partial charge is 0.234 e. The number of carbonyl (C=O) groups is 1. The zero-order chi connectivity index (χ0) is 16.3. The highest BCUT2D eigenvalue weighted by Crippen LogP contribution is 2.32. The minimum Gasteiger partial charge on any atom is -0.323 e. The number of hydrogen-bond donors (Lipinski definition) is 1. The molecule has 0 saturated heterocycles. The number of rotatable bonds is 4. The van der Waals surface area contributed by atoms with Crippen LogP contribution in [0.3, 0.4) is 0 Å². The summed E-state index contributed by atoms with van der Waals surface area (Å²) in [6.07, 6.45) is 0. The van der Waals surface area contributed by atoms with E-state index >= 15 is 0 Å². The van der Waals surface area contributed by atoms with Gasteiger partial charge in [0.15, 0.2) is 0 Å². The molecule has 1 amide bonds. The fourth-order valence-corrected chi connectivity index (χ4v) is 4.30. The molecule has 0 aromatic heterocycles. The van der Waals surface area contributed by atoms with E-state index in [4.69, 9.17) is 11.6 Å². The van der Waals surface area contributed by atoms with Crippen LogP contribution in [0, 0.1) is 12.7 Å². The van der Waals surface area contributed by atoms with Gasteiger partial charge < -0.3 is 5.32 Å². The van der Waals surface area contributed by atoms with Crippen LogP contribution in [0.4, 0.5) is 10.1 Å². The Kier molecular flexibility index (Phi) is 6.32. The predicted octanol–water partition coefficient (Wildman–Crippen LogP) is 6.04. The van der Waals surface area contributed by atoms with Gasteiger partial charge >= 0.3 is 0 Å². The van der Waals surface area contributed by atoms with Crippen LogP contribution in [0.25, 0.3) is 0 Å². The van der Waals surface area contributed by atoms with E-state index in [0.29, 0.717) is 5.69 Å². The molecule has 7 heteroatoms. The molecule has 0 spiro atoms. The van der Waals surface area contributed by atoms with Crippen molar-refractivity contribution in [1.82, 2.24) is 0 Å². The Morgan fingerprint density at radius 1 is 1.27 bits per heavy atom. The van der Waals surface area contributed by atoms with Gasteiger partial charge in [-0.2, -0.15) is 0 Å². The molecule has 2 rings (SSSR count). The monoisotopic (exact) mass is 465 g/mol. The average molecular weight is 468 g/mol. The SMILES string of the molecule is Cc1cc(Br)c(NC(=O)CSc2ccc(F)c(Cl)c2)c(Br)c1. The molecule has 1 N–H and O–H groups in total. The molecule has 0 atom stereocenters. The Balaban J connectivity index is 2.00. The van der Waals surface area contributed by atoms with Crippen LogP contribution >= 0.6 is 55.2 Å². The number of hydrogen-bond acceptors (Lipinski definition) is 2. The van der Waals surface area contributed by atoms with E-state index in [1.54, 1.807) is 6.07 Å². The quantitative estimate of drug-likeness (QED) is 0.555. The Bertz CT molecular complexity index is 704. The van der Waals surface area contributed by atoms with E-state index in [9.17, 15) is 9.18 Å². The molecule has 0 heterocycles. The van der Waals surface area contributed by atoms with Crippen molar-refractivity contribution in [3.63, 3.8) is 0 Å². The summed E-state index contributed by atoms with van der Waals surface area (Å²) in [7, 11) is 0. The van der Waals surface area contributed by atoms with Gasteiger partial charge in [-0.25, -0.2) is 4.39 Å². The number of thioether (sulfide) groups is 1. The zero-order valence-electron chi connectivity index (χ0n) is 11.4. The summed E-state index contributed by atoms with van der Waals surface area (Å²) in [6, 6.07) is 8.24. The second-order valence-electron chi connectivity index (χ2n) is 4.52. The van der Waals surface area contributed by atoms with Crippen molar-refractivity contribution in [2.75, 3.05) is 11.1 Å². The minimum absolute atomic E-state index is 0.0504. The van der Waals surface area contributed by atoms with Gasteiger partial charge in [0.25, 0.3) is 0 Å². The second-order valence-corrected chi connectivity index (χ2v) is 7.68. The lowest BCUT2D eigenvalue weighted by molar-refractivity contribution is -0.113. The van der Waals surface area contributed by atoms with Crippen LogP contribution in [0.5, 0.6) is 0 Å². The fourth-order valence-electron chi connectivity index (χ4n) is 1.71. The molecule has 0 aliphatic rings. The third-order valence-corrected chi connectivity index (χ3v) is 5.25. The lowest BCUT2D eigenvalue weighted by atomic mass is 10.2. The maximum absolute atomic E-state index is 13.1. The van der Waals surface area contributed by atoms with Crippen LogP contribution in [0.2, 0.25) is 5.02 Å². The lowest BCUT2D eigenvalue weighted by Gasteiger charge is -2.11. The third kappa shape index (κ3) is 4.72. The first-order chi connectivity index (χ1) is 10.4. The number of carbonyl (C=O) groups excluding carboxylic acids is 1. The maximum Gasteiger partial charge on any atom is 0.234 e. The van der Waals surface area contributed by atoms with Gasteiger partial charge in [0.05, 0.1) is 16.5 Å². The Morgan fingerprint density at radius 3 is 2.50 bits per heavy atom. The van der Waals surface area contributed by atoms with Crippen molar-refractivity contribution in [2.24, 2.45) is 0 Å². The zero-order valence-corrected chi connectivity index (χ0v) is 16.2. The summed E-state index contributed by atoms with van der Waals surface area (Å²) in [5.74, 6) is -0.423. The Morgan fingerprint density at radius 2 is 1.91 bits per heavy atom. The molecule has 2 aromatic rings. The van der Waals surface area contributed by atoms with E-state index in [0.717, 1.165) is 19.4 Å². The number of nitrogens with one attached hydrogen (secondary N) is 1. The molecule has 0 aliphatic carbocycles. The summed E-state index contributed by atoms with van der Waals surface area (Å²) in [6.45, 7) is 1.97. The van der Waals surface area contributed by atoms with Crippen molar-refractivity contribution in [3.8, 4) is 0 Å². The first kappa shape index (κ1) is 17.8. The van der Waals surface area contributed by atoms with E-state index in [2.05, 4.69) is 37.2 Å². The van der Waals surface area contributed by atoms with Crippen molar-refractivity contribution >= 4 is 66.8 Å². The van der Waals surface area contributed by atoms with E-state index in [1.165, 1.54) is 23.9 Å². The van der Waals surface area contributed by atoms with Crippen molar-refractivity contribution in [1.29, 1.82) is 0 Å². The predicted molar refractivity (Wildman–Crippen MR) is 97.3 cm³/mol. The van der Waals surface area contributed by atoms with Crippen LogP contribution < -0.4 is 5.32 Å². The van der Waals surface area contributed by atoms with E-state index < -0.39 is 5.82 Å². The first-order valence-corrected chi connectivity index (χ1v) is 9.15. The molecule has 0 bridgehead atoms. The summed E-state index contributed by atoms with van der Waals surface area (Å²) < 4.78 is 14.7. The summed E-state index contributed by atoms with van der Waals surface area (Å²) in [5, 5.41) is 2.89. The van der Waals surface area contributed by atoms with Crippen LogP contribution in [0.15, 0.2) is 44.2 Å². The molecule has 0 radical (unpaired) electrons. The molecule has 0 aliphatic heterocycles. The van der Waals surface area contributed by atoms with Crippen LogP contribution in [0.1, 0.15) is 5.56 Å². The van der Waals surface area contributed by atoms with Crippen molar-refractivity contribution in [2.45, 2.75) is 11.8 Å². The minimum atomic E-state index is -0.469. The molecule has 116 valence electrons. The number of aryl methyl sites for hydroxylation is 1. The van der Waals surface area contributed by atoms with Crippen LogP contribution in [-0.2, 0) is 4.79 Å². The first-order valence-electron chi connectivity index (χ1n) is 6.20. The third-order valence-electron chi connectivity index (χ3n) is 2.71. The lowest BCUT2D eigenvalue weighted by Crippen LogP contribution is -2.14. The van der Waals surface area contributed by atoms with Gasteiger partial charge in [-0.3, -0.25) is 4.79 Å². The number of anilines is 1. The summed E-state index contributed by atoms with van der Waals surface area (Å²) in [5.41, 5.74) is 1.76. The summed E-state index contributed by atoms with van der Waals surface area (Å²) >= 11 is 13.9. The maximum atomic E-state index is 13.1. The number of benzene rings is 2. The van der Waals surface area contributed by atoms with E-state index in [1.807, 2.05) is 19.1 Å². The normalized spacial score (nSPS) is 10.6. The van der Waals surface area contributed by atoms with Crippen LogP contribution in [-0.4, -0.2) is 11.7 Å². The molecule has 0 unspecified atom stereocenters. The largest absolute Gasteiger partial charge is 0.323 e. The topological polar surface area (TPSA) is 29.1 Å². The second kappa shape index (κ2) is 7.81. The van der Waals surface area contributed by atoms with Gasteiger partial charge in [0.1, 0.15) is 5.82 Å². The highest BCUT2D eigenvalue weighted by molar-refractivity contribution is 9.11. The average Bonchev–Trinajstić information content (AvgIpc) is 2.44. The molecule has 0 saturated carbocycles. The Hall–Kier alpha value is -0.560. The van der Waals surface area contributed by atoms with Gasteiger partial charge in [-0.15, -0.1) is 11.8 Å². The highest BCUT2D eigenvalue weighted by atomic mass is 79.9. The van der Waals surface area contributed by atoms with Gasteiger partial charge in [0.2, 0.25) is 5.91 Å². The number of amides is 1. The summed E-state index contributed by atoms with van der Waals surface area (Å²) in [4.78, 5) is 12.8. The molecular weight excluding hydrogens is 456 g/mol. The van der Waals surface area contributed by atoms with Gasteiger partial charge in [0, 0.05) is 13.8 Å². The molecular formula is C15H11Br2ClFNOS. The van der Waals surface area contributed by atoms with Gasteiger partial charge in [-0.1, -0.05) is 11.6 Å². The fraction of sp³-hybridized carbons (Fsp3) is 0.133. The Labute approximate surface area is 154 Å². The van der Waals surface area contributed by atoms with Crippen molar-refractivity contribution in [3.05, 3.63) is 55.7 Å². The highest BCUT2D eigenvalue weighted by Gasteiger charge is 2.11. The number of halogens is 4. The van der Waals surface area contributed by atoms with Crippen molar-refractivity contribution < 1.29 is 9.18 Å².